The van der Waals surface area contributed by atoms with Gasteiger partial charge in [0, 0.05) is 17.0 Å². The first-order valence-electron chi connectivity index (χ1n) is 4.90. The molecule has 1 N–H and O–H groups in total. The quantitative estimate of drug-likeness (QED) is 0.217. The number of phenols is 1. The van der Waals surface area contributed by atoms with Crippen LogP contribution in [0.15, 0.2) is 23.3 Å². The maximum absolute atomic E-state index is 13.1. The minimum Gasteiger partial charge on any atom is -0.502 e. The molecule has 0 heterocycles. The van der Waals surface area contributed by atoms with Gasteiger partial charge in [0.25, 0.3) is 0 Å². The molecule has 0 amide bonds. The molecule has 0 bridgehead atoms. The van der Waals surface area contributed by atoms with Gasteiger partial charge in [0.1, 0.15) is 5.82 Å². The van der Waals surface area contributed by atoms with Crippen molar-refractivity contribution in [1.29, 1.82) is 0 Å². The lowest BCUT2D eigenvalue weighted by Crippen LogP contribution is -1.92. The molecule has 0 atom stereocenters. The largest absolute Gasteiger partial charge is 0.502 e. The van der Waals surface area contributed by atoms with Crippen LogP contribution in [0.3, 0.4) is 0 Å². The zero-order valence-corrected chi connectivity index (χ0v) is 9.15. The summed E-state index contributed by atoms with van der Waals surface area (Å²) in [6.45, 7) is 0.213. The lowest BCUT2D eigenvalue weighted by Gasteiger charge is -2.00. The second kappa shape index (κ2) is 6.21. The Balaban J connectivity index is 2.95. The molecular weight excluding hydrogens is 243 g/mol. The average molecular weight is 252 g/mol. The van der Waals surface area contributed by atoms with Gasteiger partial charge < -0.3 is 5.11 Å². The zero-order chi connectivity index (χ0) is 13.5. The molecule has 0 aliphatic heterocycles. The van der Waals surface area contributed by atoms with E-state index in [2.05, 4.69) is 10.0 Å². The fraction of sp³-hybridized carbons (Fsp3) is 0.200. The topological polar surface area (TPSA) is 112 Å². The average Bonchev–Trinajstić information content (AvgIpc) is 2.32. The number of aromatic hydroxyl groups is 1. The van der Waals surface area contributed by atoms with Gasteiger partial charge in [0.05, 0.1) is 11.0 Å². The number of nitrogens with zero attached hydrogens (tertiary/aromatic N) is 4. The van der Waals surface area contributed by atoms with E-state index in [1.807, 2.05) is 0 Å². The van der Waals surface area contributed by atoms with Crippen LogP contribution in [0.1, 0.15) is 12.0 Å². The minimum absolute atomic E-state index is 0.00244. The van der Waals surface area contributed by atoms with Crippen molar-refractivity contribution in [3.63, 3.8) is 0 Å². The van der Waals surface area contributed by atoms with Crippen LogP contribution < -0.4 is 0 Å². The van der Waals surface area contributed by atoms with Crippen LogP contribution >= 0.6 is 0 Å². The summed E-state index contributed by atoms with van der Waals surface area (Å²) >= 11 is 0. The summed E-state index contributed by atoms with van der Waals surface area (Å²) < 4.78 is 13.1. The molecule has 0 aliphatic carbocycles. The zero-order valence-electron chi connectivity index (χ0n) is 9.15. The fourth-order valence-corrected chi connectivity index (χ4v) is 1.26. The number of hydrogen-bond donors (Lipinski definition) is 1. The Labute approximate surface area is 101 Å². The van der Waals surface area contributed by atoms with Crippen molar-refractivity contribution < 1.29 is 14.4 Å². The molecule has 0 radical (unpaired) electrons. The van der Waals surface area contributed by atoms with E-state index in [0.29, 0.717) is 12.5 Å². The Bertz CT molecular complexity index is 538. The van der Waals surface area contributed by atoms with Crippen molar-refractivity contribution in [3.05, 3.63) is 50.1 Å². The molecule has 1 aromatic carbocycles. The van der Waals surface area contributed by atoms with Gasteiger partial charge in [0.2, 0.25) is 5.75 Å². The highest BCUT2D eigenvalue weighted by molar-refractivity contribution is 5.64. The number of rotatable bonds is 5. The molecule has 0 fully saturated rings. The number of halogens is 1. The minimum atomic E-state index is -0.865. The van der Waals surface area contributed by atoms with Crippen molar-refractivity contribution >= 4 is 11.8 Å². The van der Waals surface area contributed by atoms with E-state index in [-0.39, 0.29) is 12.1 Å². The molecular formula is C10H9FN4O3. The van der Waals surface area contributed by atoms with E-state index in [1.165, 1.54) is 12.2 Å². The van der Waals surface area contributed by atoms with Crippen molar-refractivity contribution in [2.24, 2.45) is 5.11 Å². The monoisotopic (exact) mass is 252 g/mol. The van der Waals surface area contributed by atoms with E-state index in [0.717, 1.165) is 6.07 Å². The van der Waals surface area contributed by atoms with Gasteiger partial charge in [-0.1, -0.05) is 17.3 Å². The number of benzene rings is 1. The first-order valence-corrected chi connectivity index (χ1v) is 4.90. The molecule has 0 spiro atoms. The Morgan fingerprint density at radius 2 is 2.33 bits per heavy atom. The molecule has 1 aromatic rings. The summed E-state index contributed by atoms with van der Waals surface area (Å²) in [7, 11) is 0. The summed E-state index contributed by atoms with van der Waals surface area (Å²) in [6.07, 6.45) is 3.24. The molecule has 1 rings (SSSR count). The van der Waals surface area contributed by atoms with Gasteiger partial charge in [-0.25, -0.2) is 4.39 Å². The summed E-state index contributed by atoms with van der Waals surface area (Å²) in [5.41, 5.74) is 7.34. The van der Waals surface area contributed by atoms with E-state index in [1.54, 1.807) is 0 Å². The lowest BCUT2D eigenvalue weighted by molar-refractivity contribution is -0.386. The smallest absolute Gasteiger partial charge is 0.314 e. The first-order chi connectivity index (χ1) is 8.56. The van der Waals surface area contributed by atoms with Gasteiger partial charge in [-0.2, -0.15) is 0 Å². The predicted octanol–water partition coefficient (Wildman–Crippen LogP) is 3.15. The van der Waals surface area contributed by atoms with Crippen molar-refractivity contribution in [2.75, 3.05) is 6.54 Å². The Morgan fingerprint density at radius 3 is 2.94 bits per heavy atom. The maximum Gasteiger partial charge on any atom is 0.314 e. The summed E-state index contributed by atoms with van der Waals surface area (Å²) in [5, 5.41) is 23.4. The number of hydrogen-bond acceptors (Lipinski definition) is 4. The number of azide groups is 1. The van der Waals surface area contributed by atoms with Crippen LogP contribution in [0.25, 0.3) is 16.5 Å². The van der Waals surface area contributed by atoms with Crippen LogP contribution in [0.5, 0.6) is 5.75 Å². The van der Waals surface area contributed by atoms with E-state index < -0.39 is 22.2 Å². The summed E-state index contributed by atoms with van der Waals surface area (Å²) in [5.74, 6) is -1.41. The second-order valence-electron chi connectivity index (χ2n) is 3.27. The Morgan fingerprint density at radius 1 is 1.61 bits per heavy atom. The van der Waals surface area contributed by atoms with E-state index in [4.69, 9.17) is 5.53 Å². The first kappa shape index (κ1) is 13.5. The van der Waals surface area contributed by atoms with Crippen LogP contribution in [-0.2, 0) is 0 Å². The molecule has 94 valence electrons. The summed E-state index contributed by atoms with van der Waals surface area (Å²) in [4.78, 5) is 12.2. The summed E-state index contributed by atoms with van der Waals surface area (Å²) in [6, 6.07) is 1.62. The third kappa shape index (κ3) is 3.46. The standard InChI is InChI=1S/C10H9FN4O3/c11-8-5-7(3-1-2-4-13-14-12)10(16)9(6-8)15(17)18/h1,3,5-6,16H,2,4H2. The third-order valence-corrected chi connectivity index (χ3v) is 2.04. The Kier molecular flexibility index (Phi) is 4.65. The second-order valence-corrected chi connectivity index (χ2v) is 3.27. The van der Waals surface area contributed by atoms with Gasteiger partial charge in [-0.3, -0.25) is 10.1 Å². The highest BCUT2D eigenvalue weighted by atomic mass is 19.1. The van der Waals surface area contributed by atoms with Gasteiger partial charge >= 0.3 is 5.69 Å². The van der Waals surface area contributed by atoms with Crippen molar-refractivity contribution in [3.8, 4) is 5.75 Å². The molecule has 0 aromatic heterocycles. The van der Waals surface area contributed by atoms with E-state index in [9.17, 15) is 19.6 Å². The highest BCUT2D eigenvalue weighted by Gasteiger charge is 2.17. The molecule has 7 nitrogen and oxygen atoms in total. The molecule has 0 unspecified atom stereocenters. The number of nitro benzene ring substituents is 1. The van der Waals surface area contributed by atoms with Crippen LogP contribution in [0.2, 0.25) is 0 Å². The van der Waals surface area contributed by atoms with Gasteiger partial charge in [-0.15, -0.1) is 0 Å². The molecule has 0 saturated heterocycles. The SMILES string of the molecule is [N-]=[N+]=NCCC=Cc1cc(F)cc([N+](=O)[O-])c1O. The maximum atomic E-state index is 13.1. The third-order valence-electron chi connectivity index (χ3n) is 2.04. The van der Waals surface area contributed by atoms with Crippen LogP contribution in [-0.4, -0.2) is 16.6 Å². The molecule has 8 heteroatoms. The van der Waals surface area contributed by atoms with Crippen molar-refractivity contribution in [2.45, 2.75) is 6.42 Å². The van der Waals surface area contributed by atoms with Crippen LogP contribution in [0, 0.1) is 15.9 Å². The normalized spacial score (nSPS) is 10.3. The fourth-order valence-electron chi connectivity index (χ4n) is 1.26. The van der Waals surface area contributed by atoms with E-state index >= 15 is 0 Å². The van der Waals surface area contributed by atoms with Crippen LogP contribution in [0.4, 0.5) is 10.1 Å². The van der Waals surface area contributed by atoms with Gasteiger partial charge in [0.15, 0.2) is 0 Å². The molecule has 18 heavy (non-hydrogen) atoms. The number of phenolic OH excluding ortho intramolecular Hbond substituents is 1. The molecule has 0 saturated carbocycles. The van der Waals surface area contributed by atoms with Crippen molar-refractivity contribution in [1.82, 2.24) is 0 Å². The lowest BCUT2D eigenvalue weighted by atomic mass is 10.1. The van der Waals surface area contributed by atoms with Gasteiger partial charge in [-0.05, 0) is 18.0 Å². The highest BCUT2D eigenvalue weighted by Crippen LogP contribution is 2.31. The Hall–Kier alpha value is -2.60. The predicted molar refractivity (Wildman–Crippen MR) is 62.4 cm³/mol. The molecule has 0 aliphatic rings. The number of nitro groups is 1.